The summed E-state index contributed by atoms with van der Waals surface area (Å²) in [6.07, 6.45) is 2.90. The Balaban J connectivity index is 3.60. The second kappa shape index (κ2) is 7.64. The summed E-state index contributed by atoms with van der Waals surface area (Å²) >= 11 is 1.02. The van der Waals surface area contributed by atoms with Crippen LogP contribution in [0.2, 0.25) is 0 Å². The van der Waals surface area contributed by atoms with Crippen LogP contribution in [0.4, 0.5) is 0 Å². The number of guanidine groups is 1. The molecule has 0 unspecified atom stereocenters. The highest BCUT2D eigenvalue weighted by Gasteiger charge is 2.51. The van der Waals surface area contributed by atoms with Crippen LogP contribution in [0.5, 0.6) is 0 Å². The topological polar surface area (TPSA) is 133 Å². The van der Waals surface area contributed by atoms with E-state index in [1.807, 2.05) is 0 Å². The summed E-state index contributed by atoms with van der Waals surface area (Å²) in [7, 11) is 0. The van der Waals surface area contributed by atoms with E-state index in [0.29, 0.717) is 4.88 Å². The van der Waals surface area contributed by atoms with Crippen molar-refractivity contribution < 1.29 is 19.5 Å². The van der Waals surface area contributed by atoms with E-state index in [0.717, 1.165) is 11.3 Å². The largest absolute Gasteiger partial charge is 0.477 e. The number of nitrogens with one attached hydrogen (secondary N) is 2. The first kappa shape index (κ1) is 22.6. The maximum Gasteiger partial charge on any atom is 0.345 e. The zero-order valence-corrected chi connectivity index (χ0v) is 17.3. The lowest BCUT2D eigenvalue weighted by Crippen LogP contribution is -2.65. The quantitative estimate of drug-likeness (QED) is 0.334. The van der Waals surface area contributed by atoms with Crippen molar-refractivity contribution in [1.82, 2.24) is 5.32 Å². The van der Waals surface area contributed by atoms with Crippen molar-refractivity contribution in [3.63, 3.8) is 0 Å². The van der Waals surface area contributed by atoms with Crippen molar-refractivity contribution in [2.75, 3.05) is 0 Å². The van der Waals surface area contributed by atoms with Gasteiger partial charge in [0.1, 0.15) is 4.88 Å². The van der Waals surface area contributed by atoms with Gasteiger partial charge < -0.3 is 16.2 Å². The number of carboxylic acid groups (broad SMARTS) is 1. The molecule has 0 radical (unpaired) electrons. The van der Waals surface area contributed by atoms with E-state index >= 15 is 0 Å². The van der Waals surface area contributed by atoms with Gasteiger partial charge in [-0.1, -0.05) is 41.5 Å². The number of thiophene rings is 1. The molecule has 1 rings (SSSR count). The molecule has 0 fully saturated rings. The third-order valence-corrected chi connectivity index (χ3v) is 4.78. The van der Waals surface area contributed by atoms with E-state index in [-0.39, 0.29) is 4.88 Å². The molecule has 0 aliphatic rings. The fraction of sp³-hybridized carbons (Fsp3) is 0.474. The fourth-order valence-electron chi connectivity index (χ4n) is 2.57. The first-order valence-corrected chi connectivity index (χ1v) is 9.17. The number of Topliss-reactive ketones (excluding diaryl/α,β-unsaturated/α-hetero) is 2. The Morgan fingerprint density at radius 1 is 1.07 bits per heavy atom. The maximum absolute atomic E-state index is 13.3. The summed E-state index contributed by atoms with van der Waals surface area (Å²) in [6.45, 7) is 10.1. The number of carboxylic acids is 1. The Kier molecular flexibility index (Phi) is 6.38. The van der Waals surface area contributed by atoms with Crippen LogP contribution in [-0.4, -0.2) is 34.1 Å². The van der Waals surface area contributed by atoms with Gasteiger partial charge in [0, 0.05) is 15.7 Å². The van der Waals surface area contributed by atoms with Crippen LogP contribution in [0.25, 0.3) is 6.08 Å². The molecule has 148 valence electrons. The van der Waals surface area contributed by atoms with Crippen molar-refractivity contribution in [1.29, 1.82) is 5.41 Å². The lowest BCUT2D eigenvalue weighted by molar-refractivity contribution is -0.142. The summed E-state index contributed by atoms with van der Waals surface area (Å²) in [6, 6.07) is 3.04. The van der Waals surface area contributed by atoms with Gasteiger partial charge in [-0.3, -0.25) is 15.0 Å². The number of carbonyl (C=O) groups is 3. The normalized spacial score (nSPS) is 12.8. The van der Waals surface area contributed by atoms with E-state index in [4.69, 9.17) is 16.2 Å². The first-order valence-electron chi connectivity index (χ1n) is 8.35. The van der Waals surface area contributed by atoms with Crippen LogP contribution < -0.4 is 11.1 Å². The zero-order valence-electron chi connectivity index (χ0n) is 16.5. The van der Waals surface area contributed by atoms with Gasteiger partial charge in [0.15, 0.2) is 23.1 Å². The molecule has 0 aromatic carbocycles. The third-order valence-electron chi connectivity index (χ3n) is 3.75. The number of hydrogen-bond acceptors (Lipinski definition) is 5. The SMILES string of the molecule is CC(C)(C)C(=O)C(C=Cc1ccc(C(=O)O)s1)(NC(=N)N)C(=O)C(C)(C)C. The second-order valence-corrected chi connectivity index (χ2v) is 9.46. The van der Waals surface area contributed by atoms with Gasteiger partial charge in [-0.25, -0.2) is 4.79 Å². The molecule has 0 saturated carbocycles. The summed E-state index contributed by atoms with van der Waals surface area (Å²) in [5, 5.41) is 19.3. The standard InChI is InChI=1S/C19H27N3O4S/c1-17(2,3)14(25)19(22-16(20)21,15(26)18(4,5)6)10-9-11-7-8-12(27-11)13(23)24/h7-10H,1-6H3,(H,23,24)(H4,20,21,22). The van der Waals surface area contributed by atoms with Crippen LogP contribution in [0.3, 0.4) is 0 Å². The number of nitrogens with two attached hydrogens (primary N) is 1. The predicted octanol–water partition coefficient (Wildman–Crippen LogP) is 2.91. The number of hydrogen-bond donors (Lipinski definition) is 4. The van der Waals surface area contributed by atoms with Crippen LogP contribution in [0, 0.1) is 16.2 Å². The molecule has 27 heavy (non-hydrogen) atoms. The van der Waals surface area contributed by atoms with Crippen LogP contribution in [0.15, 0.2) is 18.2 Å². The highest BCUT2D eigenvalue weighted by molar-refractivity contribution is 7.14. The average Bonchev–Trinajstić information content (AvgIpc) is 2.97. The van der Waals surface area contributed by atoms with Gasteiger partial charge in [0.2, 0.25) is 0 Å². The van der Waals surface area contributed by atoms with Gasteiger partial charge in [-0.15, -0.1) is 11.3 Å². The summed E-state index contributed by atoms with van der Waals surface area (Å²) in [5.74, 6) is -2.43. The Bertz CT molecular complexity index is 769. The highest BCUT2D eigenvalue weighted by atomic mass is 32.1. The molecule has 0 aliphatic carbocycles. The Morgan fingerprint density at radius 3 is 1.89 bits per heavy atom. The van der Waals surface area contributed by atoms with Crippen LogP contribution in [-0.2, 0) is 9.59 Å². The van der Waals surface area contributed by atoms with Gasteiger partial charge in [0.05, 0.1) is 0 Å². The van der Waals surface area contributed by atoms with E-state index in [1.54, 1.807) is 47.6 Å². The lowest BCUT2D eigenvalue weighted by Gasteiger charge is -2.38. The minimum absolute atomic E-state index is 0.143. The summed E-state index contributed by atoms with van der Waals surface area (Å²) in [4.78, 5) is 38.3. The molecule has 0 bridgehead atoms. The fourth-order valence-corrected chi connectivity index (χ4v) is 3.32. The van der Waals surface area contributed by atoms with Crippen molar-refractivity contribution in [2.24, 2.45) is 16.6 Å². The first-order chi connectivity index (χ1) is 12.1. The predicted molar refractivity (Wildman–Crippen MR) is 107 cm³/mol. The third kappa shape index (κ3) is 5.26. The van der Waals surface area contributed by atoms with E-state index < -0.39 is 39.9 Å². The Morgan fingerprint density at radius 2 is 1.56 bits per heavy atom. The molecule has 0 saturated heterocycles. The van der Waals surface area contributed by atoms with E-state index in [2.05, 4.69) is 5.32 Å². The molecule has 5 N–H and O–H groups in total. The second-order valence-electron chi connectivity index (χ2n) is 8.35. The van der Waals surface area contributed by atoms with Gasteiger partial charge in [-0.05, 0) is 24.3 Å². The van der Waals surface area contributed by atoms with Crippen molar-refractivity contribution in [2.45, 2.75) is 47.1 Å². The van der Waals surface area contributed by atoms with Gasteiger partial charge >= 0.3 is 5.97 Å². The van der Waals surface area contributed by atoms with E-state index in [1.165, 1.54) is 18.2 Å². The molecule has 1 heterocycles. The molecule has 0 atom stereocenters. The molecule has 0 amide bonds. The molecule has 1 aromatic rings. The molecule has 1 aromatic heterocycles. The Hall–Kier alpha value is -2.48. The van der Waals surface area contributed by atoms with Crippen molar-refractivity contribution in [3.05, 3.63) is 28.0 Å². The Labute approximate surface area is 163 Å². The smallest absolute Gasteiger partial charge is 0.345 e. The van der Waals surface area contributed by atoms with Crippen LogP contribution >= 0.6 is 11.3 Å². The molecule has 0 aliphatic heterocycles. The minimum atomic E-state index is -1.84. The lowest BCUT2D eigenvalue weighted by atomic mass is 9.69. The molecule has 0 spiro atoms. The molecule has 8 heteroatoms. The summed E-state index contributed by atoms with van der Waals surface area (Å²) < 4.78 is 0. The van der Waals surface area contributed by atoms with Gasteiger partial charge in [-0.2, -0.15) is 0 Å². The average molecular weight is 394 g/mol. The maximum atomic E-state index is 13.3. The number of carbonyl (C=O) groups excluding carboxylic acids is 2. The van der Waals surface area contributed by atoms with Gasteiger partial charge in [0.25, 0.3) is 0 Å². The number of ketones is 2. The monoisotopic (exact) mass is 393 g/mol. The minimum Gasteiger partial charge on any atom is -0.477 e. The zero-order chi connectivity index (χ0) is 21.2. The number of rotatable bonds is 6. The molecular formula is C19H27N3O4S. The van der Waals surface area contributed by atoms with Crippen molar-refractivity contribution >= 4 is 40.9 Å². The van der Waals surface area contributed by atoms with Crippen molar-refractivity contribution in [3.8, 4) is 0 Å². The number of aromatic carboxylic acids is 1. The van der Waals surface area contributed by atoms with Crippen LogP contribution in [0.1, 0.15) is 56.1 Å². The molecular weight excluding hydrogens is 366 g/mol. The molecule has 7 nitrogen and oxygen atoms in total. The van der Waals surface area contributed by atoms with E-state index in [9.17, 15) is 14.4 Å². The summed E-state index contributed by atoms with van der Waals surface area (Å²) in [5.41, 5.74) is 1.89. The highest BCUT2D eigenvalue weighted by Crippen LogP contribution is 2.32.